The number of hydrogen-bond acceptors (Lipinski definition) is 4. The van der Waals surface area contributed by atoms with Crippen LogP contribution in [0.15, 0.2) is 35.0 Å². The van der Waals surface area contributed by atoms with E-state index in [2.05, 4.69) is 40.3 Å². The van der Waals surface area contributed by atoms with Crippen molar-refractivity contribution in [3.8, 4) is 0 Å². The van der Waals surface area contributed by atoms with Crippen LogP contribution >= 0.6 is 22.7 Å². The molecule has 1 saturated heterocycles. The molecule has 0 aromatic carbocycles. The molecule has 0 bridgehead atoms. The van der Waals surface area contributed by atoms with Gasteiger partial charge < -0.3 is 10.1 Å². The number of ether oxygens (including phenoxy) is 1. The first-order chi connectivity index (χ1) is 9.92. The third-order valence-corrected chi connectivity index (χ3v) is 5.66. The van der Waals surface area contributed by atoms with Crippen LogP contribution in [0.4, 0.5) is 0 Å². The zero-order valence-corrected chi connectivity index (χ0v) is 13.2. The van der Waals surface area contributed by atoms with Gasteiger partial charge in [-0.25, -0.2) is 0 Å². The standard InChI is InChI=1S/C16H21NOS2/c1-4-13(12-18-7-1)11-17-15(16-6-3-9-20-16)10-14-5-2-8-19-14/h2-3,5-6,8-9,13,15,17H,1,4,7,10-12H2. The summed E-state index contributed by atoms with van der Waals surface area (Å²) in [5.41, 5.74) is 0. The van der Waals surface area contributed by atoms with Crippen molar-refractivity contribution in [2.24, 2.45) is 5.92 Å². The largest absolute Gasteiger partial charge is 0.381 e. The van der Waals surface area contributed by atoms with E-state index in [1.807, 2.05) is 22.7 Å². The first kappa shape index (κ1) is 14.3. The molecule has 4 heteroatoms. The highest BCUT2D eigenvalue weighted by atomic mass is 32.1. The Balaban J connectivity index is 1.60. The molecule has 0 aliphatic carbocycles. The molecular weight excluding hydrogens is 286 g/mol. The molecule has 2 unspecified atom stereocenters. The summed E-state index contributed by atoms with van der Waals surface area (Å²) in [7, 11) is 0. The quantitative estimate of drug-likeness (QED) is 0.867. The highest BCUT2D eigenvalue weighted by Gasteiger charge is 2.18. The molecule has 0 radical (unpaired) electrons. The maximum Gasteiger partial charge on any atom is 0.0506 e. The van der Waals surface area contributed by atoms with Crippen LogP contribution in [0, 0.1) is 5.92 Å². The molecule has 1 fully saturated rings. The lowest BCUT2D eigenvalue weighted by Crippen LogP contribution is -2.32. The number of rotatable bonds is 6. The van der Waals surface area contributed by atoms with E-state index < -0.39 is 0 Å². The third kappa shape index (κ3) is 3.92. The zero-order chi connectivity index (χ0) is 13.6. The molecule has 3 rings (SSSR count). The van der Waals surface area contributed by atoms with Gasteiger partial charge in [-0.15, -0.1) is 22.7 Å². The van der Waals surface area contributed by atoms with Crippen molar-refractivity contribution in [1.29, 1.82) is 0 Å². The van der Waals surface area contributed by atoms with Gasteiger partial charge in [-0.05, 0) is 41.7 Å². The van der Waals surface area contributed by atoms with Gasteiger partial charge in [-0.1, -0.05) is 12.1 Å². The van der Waals surface area contributed by atoms with Crippen molar-refractivity contribution in [1.82, 2.24) is 5.32 Å². The van der Waals surface area contributed by atoms with Gasteiger partial charge in [0.15, 0.2) is 0 Å². The second-order valence-electron chi connectivity index (χ2n) is 5.34. The predicted molar refractivity (Wildman–Crippen MR) is 86.6 cm³/mol. The smallest absolute Gasteiger partial charge is 0.0506 e. The lowest BCUT2D eigenvalue weighted by Gasteiger charge is -2.25. The van der Waals surface area contributed by atoms with E-state index in [-0.39, 0.29) is 0 Å². The molecule has 0 saturated carbocycles. The first-order valence-corrected chi connectivity index (χ1v) is 9.04. The fourth-order valence-corrected chi connectivity index (χ4v) is 4.22. The highest BCUT2D eigenvalue weighted by molar-refractivity contribution is 7.10. The van der Waals surface area contributed by atoms with Gasteiger partial charge in [-0.3, -0.25) is 0 Å². The number of hydrogen-bond donors (Lipinski definition) is 1. The van der Waals surface area contributed by atoms with Crippen molar-refractivity contribution < 1.29 is 4.74 Å². The van der Waals surface area contributed by atoms with Gasteiger partial charge in [0.05, 0.1) is 6.61 Å². The lowest BCUT2D eigenvalue weighted by molar-refractivity contribution is 0.0538. The maximum absolute atomic E-state index is 5.58. The Bertz CT molecular complexity index is 475. The van der Waals surface area contributed by atoms with E-state index in [1.54, 1.807) is 0 Å². The van der Waals surface area contributed by atoms with Crippen molar-refractivity contribution in [3.05, 3.63) is 44.8 Å². The number of nitrogens with one attached hydrogen (secondary N) is 1. The predicted octanol–water partition coefficient (Wildman–Crippen LogP) is 4.11. The topological polar surface area (TPSA) is 21.3 Å². The summed E-state index contributed by atoms with van der Waals surface area (Å²) >= 11 is 3.70. The van der Waals surface area contributed by atoms with Crippen LogP contribution in [0.5, 0.6) is 0 Å². The summed E-state index contributed by atoms with van der Waals surface area (Å²) in [5, 5.41) is 8.10. The molecule has 1 aliphatic rings. The molecule has 1 aliphatic heterocycles. The minimum atomic E-state index is 0.440. The lowest BCUT2D eigenvalue weighted by atomic mass is 10.0. The normalized spacial score (nSPS) is 20.9. The van der Waals surface area contributed by atoms with E-state index >= 15 is 0 Å². The van der Waals surface area contributed by atoms with Crippen molar-refractivity contribution in [2.75, 3.05) is 19.8 Å². The molecule has 2 aromatic heterocycles. The summed E-state index contributed by atoms with van der Waals surface area (Å²) in [6.07, 6.45) is 3.59. The highest BCUT2D eigenvalue weighted by Crippen LogP contribution is 2.25. The first-order valence-electron chi connectivity index (χ1n) is 7.29. The molecule has 108 valence electrons. The van der Waals surface area contributed by atoms with Crippen LogP contribution in [0.3, 0.4) is 0 Å². The van der Waals surface area contributed by atoms with Crippen LogP contribution in [0.2, 0.25) is 0 Å². The third-order valence-electron chi connectivity index (χ3n) is 3.78. The minimum Gasteiger partial charge on any atom is -0.381 e. The molecule has 2 atom stereocenters. The van der Waals surface area contributed by atoms with E-state index in [9.17, 15) is 0 Å². The van der Waals surface area contributed by atoms with Crippen LogP contribution in [-0.2, 0) is 11.2 Å². The average Bonchev–Trinajstić information content (AvgIpc) is 3.17. The fourth-order valence-electron chi connectivity index (χ4n) is 2.67. The molecule has 2 aromatic rings. The van der Waals surface area contributed by atoms with E-state index in [1.165, 1.54) is 22.6 Å². The van der Waals surface area contributed by atoms with Crippen molar-refractivity contribution in [2.45, 2.75) is 25.3 Å². The second kappa shape index (κ2) is 7.36. The maximum atomic E-state index is 5.58. The Morgan fingerprint density at radius 3 is 2.85 bits per heavy atom. The average molecular weight is 307 g/mol. The monoisotopic (exact) mass is 307 g/mol. The van der Waals surface area contributed by atoms with E-state index in [0.717, 1.165) is 26.2 Å². The fraction of sp³-hybridized carbons (Fsp3) is 0.500. The molecule has 1 N–H and O–H groups in total. The van der Waals surface area contributed by atoms with Gasteiger partial charge in [0.1, 0.15) is 0 Å². The minimum absolute atomic E-state index is 0.440. The van der Waals surface area contributed by atoms with Gasteiger partial charge in [0, 0.05) is 35.4 Å². The Labute approximate surface area is 128 Å². The van der Waals surface area contributed by atoms with Crippen molar-refractivity contribution in [3.63, 3.8) is 0 Å². The van der Waals surface area contributed by atoms with Crippen LogP contribution < -0.4 is 5.32 Å². The van der Waals surface area contributed by atoms with Crippen molar-refractivity contribution >= 4 is 22.7 Å². The summed E-state index contributed by atoms with van der Waals surface area (Å²) in [4.78, 5) is 2.89. The van der Waals surface area contributed by atoms with E-state index in [4.69, 9.17) is 4.74 Å². The molecule has 3 heterocycles. The molecule has 20 heavy (non-hydrogen) atoms. The van der Waals surface area contributed by atoms with Crippen LogP contribution in [0.25, 0.3) is 0 Å². The van der Waals surface area contributed by atoms with Gasteiger partial charge in [0.25, 0.3) is 0 Å². The second-order valence-corrected chi connectivity index (χ2v) is 7.35. The summed E-state index contributed by atoms with van der Waals surface area (Å²) in [6, 6.07) is 9.20. The Kier molecular flexibility index (Phi) is 5.25. The van der Waals surface area contributed by atoms with Gasteiger partial charge in [-0.2, -0.15) is 0 Å². The van der Waals surface area contributed by atoms with Gasteiger partial charge in [0.2, 0.25) is 0 Å². The van der Waals surface area contributed by atoms with E-state index in [0.29, 0.717) is 12.0 Å². The molecule has 0 amide bonds. The van der Waals surface area contributed by atoms with Gasteiger partial charge >= 0.3 is 0 Å². The summed E-state index contributed by atoms with van der Waals surface area (Å²) in [6.45, 7) is 2.93. The SMILES string of the molecule is c1csc(CC(NCC2CCCOC2)c2cccs2)c1. The molecule has 2 nitrogen and oxygen atoms in total. The van der Waals surface area contributed by atoms with Crippen LogP contribution in [0.1, 0.15) is 28.6 Å². The molecular formula is C16H21NOS2. The Hall–Kier alpha value is -0.680. The molecule has 0 spiro atoms. The summed E-state index contributed by atoms with van der Waals surface area (Å²) in [5.74, 6) is 0.676. The zero-order valence-electron chi connectivity index (χ0n) is 11.6. The van der Waals surface area contributed by atoms with Crippen LogP contribution in [-0.4, -0.2) is 19.8 Å². The Morgan fingerprint density at radius 1 is 1.25 bits per heavy atom. The Morgan fingerprint density at radius 2 is 2.15 bits per heavy atom. The summed E-state index contributed by atoms with van der Waals surface area (Å²) < 4.78 is 5.58. The number of thiophene rings is 2.